The third kappa shape index (κ3) is 3.38. The van der Waals surface area contributed by atoms with E-state index in [1.807, 2.05) is 0 Å². The van der Waals surface area contributed by atoms with Crippen molar-refractivity contribution < 1.29 is 9.13 Å². The van der Waals surface area contributed by atoms with Gasteiger partial charge in [0, 0.05) is 18.3 Å². The van der Waals surface area contributed by atoms with Gasteiger partial charge in [-0.1, -0.05) is 13.8 Å². The normalized spacial score (nSPS) is 11.3. The maximum absolute atomic E-state index is 13.4. The molecule has 0 bridgehead atoms. The first kappa shape index (κ1) is 12.8. The zero-order valence-corrected chi connectivity index (χ0v) is 10.0. The summed E-state index contributed by atoms with van der Waals surface area (Å²) in [5.41, 5.74) is 6.34. The lowest BCUT2D eigenvalue weighted by molar-refractivity contribution is 0.386. The Balaban J connectivity index is 2.65. The van der Waals surface area contributed by atoms with Crippen LogP contribution in [0.25, 0.3) is 0 Å². The first-order chi connectivity index (χ1) is 7.48. The van der Waals surface area contributed by atoms with Crippen LogP contribution in [-0.2, 0) is 0 Å². The van der Waals surface area contributed by atoms with Crippen molar-refractivity contribution in [1.29, 1.82) is 0 Å². The van der Waals surface area contributed by atoms with Crippen molar-refractivity contribution in [2.24, 2.45) is 11.1 Å². The number of nitrogens with two attached hydrogens (primary N) is 1. The second-order valence-corrected chi connectivity index (χ2v) is 4.57. The van der Waals surface area contributed by atoms with Gasteiger partial charge >= 0.3 is 0 Å². The molecule has 0 unspecified atom stereocenters. The molecule has 0 spiro atoms. The van der Waals surface area contributed by atoms with Gasteiger partial charge in [-0.25, -0.2) is 4.39 Å². The molecule has 0 amide bonds. The van der Waals surface area contributed by atoms with Crippen LogP contribution < -0.4 is 15.8 Å². The lowest BCUT2D eigenvalue weighted by atomic mass is 9.94. The molecule has 0 radical (unpaired) electrons. The van der Waals surface area contributed by atoms with Crippen molar-refractivity contribution in [2.75, 3.05) is 25.5 Å². The summed E-state index contributed by atoms with van der Waals surface area (Å²) in [6, 6.07) is 4.81. The van der Waals surface area contributed by atoms with Crippen LogP contribution in [0.3, 0.4) is 0 Å². The van der Waals surface area contributed by atoms with Crippen LogP contribution in [0.2, 0.25) is 0 Å². The monoisotopic (exact) mass is 226 g/mol. The summed E-state index contributed by atoms with van der Waals surface area (Å²) in [7, 11) is 1.45. The molecule has 0 fully saturated rings. The van der Waals surface area contributed by atoms with Gasteiger partial charge in [-0.3, -0.25) is 0 Å². The zero-order chi connectivity index (χ0) is 12.2. The molecular weight excluding hydrogens is 207 g/mol. The highest BCUT2D eigenvalue weighted by Crippen LogP contribution is 2.22. The third-order valence-corrected chi connectivity index (χ3v) is 2.48. The predicted molar refractivity (Wildman–Crippen MR) is 64.3 cm³/mol. The number of nitrogens with one attached hydrogen (secondary N) is 1. The van der Waals surface area contributed by atoms with Gasteiger partial charge < -0.3 is 15.8 Å². The standard InChI is InChI=1S/C12H19FN2O/c1-12(2,7-14)8-15-9-4-5-11(16-3)10(13)6-9/h4-6,15H,7-8,14H2,1-3H3. The summed E-state index contributed by atoms with van der Waals surface area (Å²) in [5.74, 6) is -0.110. The Bertz CT molecular complexity index is 353. The average molecular weight is 226 g/mol. The Kier molecular flexibility index (Phi) is 4.12. The van der Waals surface area contributed by atoms with E-state index in [1.54, 1.807) is 12.1 Å². The van der Waals surface area contributed by atoms with Gasteiger partial charge in [-0.15, -0.1) is 0 Å². The zero-order valence-electron chi connectivity index (χ0n) is 10.0. The first-order valence-electron chi connectivity index (χ1n) is 5.26. The van der Waals surface area contributed by atoms with E-state index >= 15 is 0 Å². The minimum atomic E-state index is -0.363. The van der Waals surface area contributed by atoms with E-state index in [-0.39, 0.29) is 17.0 Å². The van der Waals surface area contributed by atoms with E-state index in [9.17, 15) is 4.39 Å². The predicted octanol–water partition coefficient (Wildman–Crippen LogP) is 2.23. The third-order valence-electron chi connectivity index (χ3n) is 2.48. The molecule has 90 valence electrons. The van der Waals surface area contributed by atoms with Crippen LogP contribution in [-0.4, -0.2) is 20.2 Å². The van der Waals surface area contributed by atoms with E-state index in [0.29, 0.717) is 13.1 Å². The van der Waals surface area contributed by atoms with Crippen LogP contribution in [0.15, 0.2) is 18.2 Å². The van der Waals surface area contributed by atoms with Gasteiger partial charge in [0.1, 0.15) is 0 Å². The molecule has 0 saturated carbocycles. The molecule has 1 aromatic rings. The van der Waals surface area contributed by atoms with Gasteiger partial charge in [-0.05, 0) is 24.1 Å². The number of anilines is 1. The van der Waals surface area contributed by atoms with Crippen LogP contribution in [0, 0.1) is 11.2 Å². The molecule has 0 heterocycles. The number of hydrogen-bond acceptors (Lipinski definition) is 3. The highest BCUT2D eigenvalue weighted by atomic mass is 19.1. The van der Waals surface area contributed by atoms with Crippen LogP contribution in [0.4, 0.5) is 10.1 Å². The Labute approximate surface area is 95.8 Å². The Morgan fingerprint density at radius 2 is 2.12 bits per heavy atom. The maximum atomic E-state index is 13.4. The Morgan fingerprint density at radius 3 is 2.62 bits per heavy atom. The van der Waals surface area contributed by atoms with Crippen molar-refractivity contribution in [1.82, 2.24) is 0 Å². The van der Waals surface area contributed by atoms with Crippen LogP contribution in [0.5, 0.6) is 5.75 Å². The van der Waals surface area contributed by atoms with Gasteiger partial charge in [0.2, 0.25) is 0 Å². The number of methoxy groups -OCH3 is 1. The van der Waals surface area contributed by atoms with Crippen molar-refractivity contribution in [3.63, 3.8) is 0 Å². The van der Waals surface area contributed by atoms with E-state index in [4.69, 9.17) is 10.5 Å². The van der Waals surface area contributed by atoms with E-state index in [0.717, 1.165) is 5.69 Å². The summed E-state index contributed by atoms with van der Waals surface area (Å²) >= 11 is 0. The summed E-state index contributed by atoms with van der Waals surface area (Å²) < 4.78 is 18.2. The molecule has 0 saturated heterocycles. The first-order valence-corrected chi connectivity index (χ1v) is 5.26. The van der Waals surface area contributed by atoms with Gasteiger partial charge in [0.05, 0.1) is 7.11 Å². The second-order valence-electron chi connectivity index (χ2n) is 4.57. The molecule has 3 N–H and O–H groups in total. The quantitative estimate of drug-likeness (QED) is 0.809. The molecule has 0 aliphatic heterocycles. The van der Waals surface area contributed by atoms with Crippen molar-refractivity contribution >= 4 is 5.69 Å². The molecule has 0 aliphatic carbocycles. The molecule has 0 atom stereocenters. The fraction of sp³-hybridized carbons (Fsp3) is 0.500. The van der Waals surface area contributed by atoms with Crippen LogP contribution >= 0.6 is 0 Å². The number of hydrogen-bond donors (Lipinski definition) is 2. The molecule has 0 aliphatic rings. The van der Waals surface area contributed by atoms with E-state index in [1.165, 1.54) is 13.2 Å². The highest BCUT2D eigenvalue weighted by molar-refractivity contribution is 5.47. The summed E-state index contributed by atoms with van der Waals surface area (Å²) in [4.78, 5) is 0. The molecule has 0 aromatic heterocycles. The molecule has 16 heavy (non-hydrogen) atoms. The summed E-state index contributed by atoms with van der Waals surface area (Å²) in [6.45, 7) is 5.40. The smallest absolute Gasteiger partial charge is 0.167 e. The fourth-order valence-corrected chi connectivity index (χ4v) is 1.19. The van der Waals surface area contributed by atoms with Gasteiger partial charge in [-0.2, -0.15) is 0 Å². The fourth-order valence-electron chi connectivity index (χ4n) is 1.19. The second kappa shape index (κ2) is 5.16. The Morgan fingerprint density at radius 1 is 1.44 bits per heavy atom. The largest absolute Gasteiger partial charge is 0.494 e. The van der Waals surface area contributed by atoms with Crippen molar-refractivity contribution in [3.05, 3.63) is 24.0 Å². The number of benzene rings is 1. The number of halogens is 1. The molecule has 1 aromatic carbocycles. The summed E-state index contributed by atoms with van der Waals surface area (Å²) in [5, 5.41) is 3.15. The minimum Gasteiger partial charge on any atom is -0.494 e. The van der Waals surface area contributed by atoms with Gasteiger partial charge in [0.25, 0.3) is 0 Å². The molecule has 4 heteroatoms. The number of ether oxygens (including phenoxy) is 1. The number of rotatable bonds is 5. The minimum absolute atomic E-state index is 0.00357. The molecule has 1 rings (SSSR count). The highest BCUT2D eigenvalue weighted by Gasteiger charge is 2.15. The lowest BCUT2D eigenvalue weighted by Crippen LogP contribution is -2.31. The summed E-state index contributed by atoms with van der Waals surface area (Å²) in [6.07, 6.45) is 0. The van der Waals surface area contributed by atoms with E-state index < -0.39 is 0 Å². The topological polar surface area (TPSA) is 47.3 Å². The Hall–Kier alpha value is -1.29. The van der Waals surface area contributed by atoms with E-state index in [2.05, 4.69) is 19.2 Å². The van der Waals surface area contributed by atoms with Crippen molar-refractivity contribution in [2.45, 2.75) is 13.8 Å². The lowest BCUT2D eigenvalue weighted by Gasteiger charge is -2.23. The van der Waals surface area contributed by atoms with Crippen LogP contribution in [0.1, 0.15) is 13.8 Å². The van der Waals surface area contributed by atoms with Crippen molar-refractivity contribution in [3.8, 4) is 5.75 Å². The average Bonchev–Trinajstić information content (AvgIpc) is 2.27. The SMILES string of the molecule is COc1ccc(NCC(C)(C)CN)cc1F. The maximum Gasteiger partial charge on any atom is 0.167 e. The molecule has 3 nitrogen and oxygen atoms in total. The molecular formula is C12H19FN2O. The van der Waals surface area contributed by atoms with Gasteiger partial charge in [0.15, 0.2) is 11.6 Å².